The number of hydrogen-bond acceptors (Lipinski definition) is 2. The molecule has 1 aromatic carbocycles. The van der Waals surface area contributed by atoms with E-state index in [9.17, 15) is 4.79 Å². The quantitative estimate of drug-likeness (QED) is 0.864. The zero-order chi connectivity index (χ0) is 17.1. The first-order valence-corrected chi connectivity index (χ1v) is 8.94. The van der Waals surface area contributed by atoms with Gasteiger partial charge in [-0.25, -0.2) is 0 Å². The molecule has 1 unspecified atom stereocenters. The van der Waals surface area contributed by atoms with Crippen LogP contribution >= 0.6 is 11.6 Å². The van der Waals surface area contributed by atoms with Crippen molar-refractivity contribution in [1.29, 1.82) is 0 Å². The SMILES string of the molecule is CCN1CCCC1CNC(=O)c1cc(-c2ccc(C)cc2)[nH]c1Cl. The number of benzene rings is 1. The van der Waals surface area contributed by atoms with E-state index in [4.69, 9.17) is 11.6 Å². The zero-order valence-corrected chi connectivity index (χ0v) is 15.0. The second kappa shape index (κ2) is 7.41. The summed E-state index contributed by atoms with van der Waals surface area (Å²) < 4.78 is 0. The van der Waals surface area contributed by atoms with E-state index in [0.29, 0.717) is 23.3 Å². The third-order valence-electron chi connectivity index (χ3n) is 4.78. The van der Waals surface area contributed by atoms with Gasteiger partial charge in [0.2, 0.25) is 0 Å². The first kappa shape index (κ1) is 17.1. The molecule has 3 rings (SSSR count). The van der Waals surface area contributed by atoms with Gasteiger partial charge < -0.3 is 10.3 Å². The van der Waals surface area contributed by atoms with Crippen LogP contribution in [0.25, 0.3) is 11.3 Å². The molecule has 5 heteroatoms. The van der Waals surface area contributed by atoms with E-state index in [1.54, 1.807) is 0 Å². The van der Waals surface area contributed by atoms with Crippen LogP contribution in [-0.4, -0.2) is 41.5 Å². The second-order valence-corrected chi connectivity index (χ2v) is 6.79. The summed E-state index contributed by atoms with van der Waals surface area (Å²) in [6, 6.07) is 10.4. The van der Waals surface area contributed by atoms with Crippen molar-refractivity contribution < 1.29 is 4.79 Å². The Hall–Kier alpha value is -1.78. The third-order valence-corrected chi connectivity index (χ3v) is 5.08. The summed E-state index contributed by atoms with van der Waals surface area (Å²) in [4.78, 5) is 18.0. The molecule has 4 nitrogen and oxygen atoms in total. The lowest BCUT2D eigenvalue weighted by Crippen LogP contribution is -2.40. The molecule has 24 heavy (non-hydrogen) atoms. The zero-order valence-electron chi connectivity index (χ0n) is 14.2. The van der Waals surface area contributed by atoms with Crippen molar-refractivity contribution in [1.82, 2.24) is 15.2 Å². The lowest BCUT2D eigenvalue weighted by atomic mass is 10.1. The van der Waals surface area contributed by atoms with Gasteiger partial charge in [0.05, 0.1) is 5.56 Å². The number of rotatable bonds is 5. The van der Waals surface area contributed by atoms with Gasteiger partial charge in [-0.15, -0.1) is 0 Å². The summed E-state index contributed by atoms with van der Waals surface area (Å²) in [7, 11) is 0. The Morgan fingerprint density at radius 1 is 1.38 bits per heavy atom. The van der Waals surface area contributed by atoms with Crippen molar-refractivity contribution in [3.63, 3.8) is 0 Å². The van der Waals surface area contributed by atoms with Gasteiger partial charge in [-0.05, 0) is 44.5 Å². The van der Waals surface area contributed by atoms with Crippen molar-refractivity contribution in [3.8, 4) is 11.3 Å². The molecule has 1 aromatic heterocycles. The smallest absolute Gasteiger partial charge is 0.254 e. The molecule has 0 bridgehead atoms. The number of aryl methyl sites for hydroxylation is 1. The number of carbonyl (C=O) groups excluding carboxylic acids is 1. The Balaban J connectivity index is 1.68. The molecule has 2 N–H and O–H groups in total. The molecule has 1 fully saturated rings. The molecule has 1 aliphatic heterocycles. The number of nitrogens with one attached hydrogen (secondary N) is 2. The first-order valence-electron chi connectivity index (χ1n) is 8.56. The Bertz CT molecular complexity index is 708. The highest BCUT2D eigenvalue weighted by atomic mass is 35.5. The number of amides is 1. The number of likely N-dealkylation sites (N-methyl/N-ethyl adjacent to an activating group) is 1. The largest absolute Gasteiger partial charge is 0.350 e. The van der Waals surface area contributed by atoms with Crippen LogP contribution in [-0.2, 0) is 0 Å². The van der Waals surface area contributed by atoms with E-state index in [1.807, 2.05) is 37.3 Å². The molecule has 1 amide bonds. The van der Waals surface area contributed by atoms with Crippen LogP contribution in [0.2, 0.25) is 5.15 Å². The van der Waals surface area contributed by atoms with Crippen LogP contribution in [0.4, 0.5) is 0 Å². The average molecular weight is 346 g/mol. The highest BCUT2D eigenvalue weighted by molar-refractivity contribution is 6.33. The number of aromatic nitrogens is 1. The number of hydrogen-bond donors (Lipinski definition) is 2. The van der Waals surface area contributed by atoms with Gasteiger partial charge in [-0.2, -0.15) is 0 Å². The molecule has 1 aliphatic rings. The summed E-state index contributed by atoms with van der Waals surface area (Å²) in [5.74, 6) is -0.113. The molecule has 2 aromatic rings. The van der Waals surface area contributed by atoms with Crippen molar-refractivity contribution in [2.45, 2.75) is 32.7 Å². The fourth-order valence-corrected chi connectivity index (χ4v) is 3.57. The molecular formula is C19H24ClN3O. The summed E-state index contributed by atoms with van der Waals surface area (Å²) in [6.07, 6.45) is 2.35. The van der Waals surface area contributed by atoms with Crippen molar-refractivity contribution in [2.24, 2.45) is 0 Å². The minimum Gasteiger partial charge on any atom is -0.350 e. The van der Waals surface area contributed by atoms with Crippen molar-refractivity contribution in [2.75, 3.05) is 19.6 Å². The maximum absolute atomic E-state index is 12.5. The Morgan fingerprint density at radius 2 is 2.12 bits per heavy atom. The van der Waals surface area contributed by atoms with Crippen LogP contribution in [0.5, 0.6) is 0 Å². The fourth-order valence-electron chi connectivity index (χ4n) is 3.33. The second-order valence-electron chi connectivity index (χ2n) is 6.41. The van der Waals surface area contributed by atoms with Gasteiger partial charge in [0, 0.05) is 18.3 Å². The molecule has 0 spiro atoms. The number of halogens is 1. The number of nitrogens with zero attached hydrogens (tertiary/aromatic N) is 1. The number of H-pyrrole nitrogens is 1. The van der Waals surface area contributed by atoms with E-state index >= 15 is 0 Å². The summed E-state index contributed by atoms with van der Waals surface area (Å²) in [5.41, 5.74) is 3.59. The van der Waals surface area contributed by atoms with Gasteiger partial charge in [-0.3, -0.25) is 9.69 Å². The molecule has 0 aliphatic carbocycles. The van der Waals surface area contributed by atoms with E-state index in [2.05, 4.69) is 22.1 Å². The van der Waals surface area contributed by atoms with E-state index in [0.717, 1.165) is 30.8 Å². The average Bonchev–Trinajstić information content (AvgIpc) is 3.19. The lowest BCUT2D eigenvalue weighted by Gasteiger charge is -2.22. The third kappa shape index (κ3) is 3.65. The molecule has 1 saturated heterocycles. The number of aromatic amines is 1. The fraction of sp³-hybridized carbons (Fsp3) is 0.421. The summed E-state index contributed by atoms with van der Waals surface area (Å²) in [6.45, 7) is 7.04. The van der Waals surface area contributed by atoms with E-state index in [1.165, 1.54) is 12.0 Å². The summed E-state index contributed by atoms with van der Waals surface area (Å²) >= 11 is 6.25. The Labute approximate surface area is 148 Å². The predicted octanol–water partition coefficient (Wildman–Crippen LogP) is 3.86. The Morgan fingerprint density at radius 3 is 2.83 bits per heavy atom. The normalized spacial score (nSPS) is 18.0. The minimum atomic E-state index is -0.113. The molecule has 0 radical (unpaired) electrons. The van der Waals surface area contributed by atoms with E-state index < -0.39 is 0 Å². The predicted molar refractivity (Wildman–Crippen MR) is 98.6 cm³/mol. The van der Waals surface area contributed by atoms with Gasteiger partial charge >= 0.3 is 0 Å². The van der Waals surface area contributed by atoms with Crippen LogP contribution in [0.3, 0.4) is 0 Å². The number of carbonyl (C=O) groups is 1. The van der Waals surface area contributed by atoms with Crippen LogP contribution in [0, 0.1) is 6.92 Å². The van der Waals surface area contributed by atoms with Gasteiger partial charge in [-0.1, -0.05) is 48.4 Å². The van der Waals surface area contributed by atoms with Crippen LogP contribution in [0.15, 0.2) is 30.3 Å². The minimum absolute atomic E-state index is 0.113. The maximum atomic E-state index is 12.5. The van der Waals surface area contributed by atoms with E-state index in [-0.39, 0.29) is 5.91 Å². The summed E-state index contributed by atoms with van der Waals surface area (Å²) in [5, 5.41) is 3.43. The first-order chi connectivity index (χ1) is 11.6. The van der Waals surface area contributed by atoms with Crippen LogP contribution < -0.4 is 5.32 Å². The van der Waals surface area contributed by atoms with Gasteiger partial charge in [0.25, 0.3) is 5.91 Å². The van der Waals surface area contributed by atoms with Crippen molar-refractivity contribution >= 4 is 17.5 Å². The monoisotopic (exact) mass is 345 g/mol. The van der Waals surface area contributed by atoms with Crippen LogP contribution in [0.1, 0.15) is 35.7 Å². The molecule has 1 atom stereocenters. The lowest BCUT2D eigenvalue weighted by molar-refractivity contribution is 0.0941. The molecule has 0 saturated carbocycles. The topological polar surface area (TPSA) is 48.1 Å². The number of likely N-dealkylation sites (tertiary alicyclic amines) is 1. The molecular weight excluding hydrogens is 322 g/mol. The molecule has 2 heterocycles. The van der Waals surface area contributed by atoms with Crippen molar-refractivity contribution in [3.05, 3.63) is 46.6 Å². The maximum Gasteiger partial charge on any atom is 0.254 e. The molecule has 128 valence electrons. The standard InChI is InChI=1S/C19H24ClN3O/c1-3-23-10-4-5-15(23)12-21-19(24)16-11-17(22-18(16)20)14-8-6-13(2)7-9-14/h6-9,11,15,22H,3-5,10,12H2,1-2H3,(H,21,24). The van der Waals surface area contributed by atoms with Gasteiger partial charge in [0.15, 0.2) is 0 Å². The van der Waals surface area contributed by atoms with Gasteiger partial charge in [0.1, 0.15) is 5.15 Å². The highest BCUT2D eigenvalue weighted by Crippen LogP contribution is 2.25. The Kier molecular flexibility index (Phi) is 5.27. The highest BCUT2D eigenvalue weighted by Gasteiger charge is 2.24.